The van der Waals surface area contributed by atoms with E-state index in [1.165, 1.54) is 22.2 Å². The summed E-state index contributed by atoms with van der Waals surface area (Å²) in [4.78, 5) is 33.7. The molecule has 0 bridgehead atoms. The van der Waals surface area contributed by atoms with Crippen LogP contribution in [-0.2, 0) is 4.79 Å². The van der Waals surface area contributed by atoms with Gasteiger partial charge in [-0.2, -0.15) is 0 Å². The number of nitrogens with zero attached hydrogens (tertiary/aromatic N) is 3. The Bertz CT molecular complexity index is 1100. The number of hydrogen-bond donors (Lipinski definition) is 0. The highest BCUT2D eigenvalue weighted by Gasteiger charge is 2.32. The van der Waals surface area contributed by atoms with Crippen molar-refractivity contribution in [2.75, 3.05) is 13.6 Å². The first-order valence-corrected chi connectivity index (χ1v) is 9.53. The Kier molecular flexibility index (Phi) is 3.95. The van der Waals surface area contributed by atoms with Crippen molar-refractivity contribution in [1.82, 2.24) is 14.5 Å². The average molecular weight is 367 g/mol. The van der Waals surface area contributed by atoms with Crippen LogP contribution < -0.4 is 5.56 Å². The molecule has 6 heteroatoms. The van der Waals surface area contributed by atoms with E-state index < -0.39 is 6.04 Å². The Labute approximate surface area is 155 Å². The van der Waals surface area contributed by atoms with Crippen molar-refractivity contribution in [3.05, 3.63) is 50.9 Å². The maximum absolute atomic E-state index is 13.3. The van der Waals surface area contributed by atoms with Crippen LogP contribution in [0.25, 0.3) is 21.3 Å². The molecule has 0 aliphatic carbocycles. The second kappa shape index (κ2) is 6.06. The number of hydrogen-bond acceptors (Lipinski definition) is 4. The summed E-state index contributed by atoms with van der Waals surface area (Å²) in [5.74, 6) is -0.0199. The molecule has 134 valence electrons. The standard InChI is InChI=1S/C20H21N3O2S/c1-11-5-6-12(2)14(9-11)16-13(3)26-18-17(16)20(25)23(10-21-18)15-7-8-22(4)19(15)24/h5-6,9-10,15H,7-8H2,1-4H3. The van der Waals surface area contributed by atoms with Gasteiger partial charge in [-0.3, -0.25) is 14.2 Å². The van der Waals surface area contributed by atoms with E-state index in [0.717, 1.165) is 32.0 Å². The van der Waals surface area contributed by atoms with Crippen LogP contribution in [0.4, 0.5) is 0 Å². The summed E-state index contributed by atoms with van der Waals surface area (Å²) >= 11 is 1.54. The number of aryl methyl sites for hydroxylation is 3. The maximum Gasteiger partial charge on any atom is 0.263 e. The molecule has 0 spiro atoms. The van der Waals surface area contributed by atoms with Gasteiger partial charge in [0.25, 0.3) is 5.56 Å². The van der Waals surface area contributed by atoms with Crippen LogP contribution in [0.1, 0.15) is 28.5 Å². The SMILES string of the molecule is Cc1ccc(C)c(-c2c(C)sc3ncn(C4CCN(C)C4=O)c(=O)c23)c1. The second-order valence-corrected chi connectivity index (χ2v) is 8.26. The molecular weight excluding hydrogens is 346 g/mol. The number of likely N-dealkylation sites (N-methyl/N-ethyl adjacent to an activating group) is 1. The lowest BCUT2D eigenvalue weighted by atomic mass is 9.97. The van der Waals surface area contributed by atoms with Crippen LogP contribution >= 0.6 is 11.3 Å². The van der Waals surface area contributed by atoms with Gasteiger partial charge >= 0.3 is 0 Å². The van der Waals surface area contributed by atoms with Gasteiger partial charge in [-0.25, -0.2) is 4.98 Å². The number of carbonyl (C=O) groups is 1. The summed E-state index contributed by atoms with van der Waals surface area (Å²) in [6.07, 6.45) is 2.18. The number of rotatable bonds is 2. The number of aromatic nitrogens is 2. The van der Waals surface area contributed by atoms with Gasteiger partial charge in [0.15, 0.2) is 0 Å². The molecule has 1 aliphatic heterocycles. The Balaban J connectivity index is 1.99. The molecule has 1 fully saturated rings. The smallest absolute Gasteiger partial charge is 0.263 e. The molecule has 3 aromatic rings. The zero-order valence-corrected chi connectivity index (χ0v) is 16.2. The molecule has 0 radical (unpaired) electrons. The Morgan fingerprint density at radius 3 is 2.65 bits per heavy atom. The molecule has 4 rings (SSSR count). The van der Waals surface area contributed by atoms with Crippen LogP contribution in [0.15, 0.2) is 29.3 Å². The number of thiophene rings is 1. The van der Waals surface area contributed by atoms with Crippen molar-refractivity contribution >= 4 is 27.5 Å². The highest BCUT2D eigenvalue weighted by atomic mass is 32.1. The summed E-state index contributed by atoms with van der Waals surface area (Å²) in [5.41, 5.74) is 4.19. The van der Waals surface area contributed by atoms with E-state index in [0.29, 0.717) is 18.4 Å². The van der Waals surface area contributed by atoms with Gasteiger partial charge in [-0.15, -0.1) is 11.3 Å². The number of fused-ring (bicyclic) bond motifs is 1. The number of amides is 1. The molecule has 2 aromatic heterocycles. The molecule has 26 heavy (non-hydrogen) atoms. The van der Waals surface area contributed by atoms with E-state index in [4.69, 9.17) is 0 Å². The van der Waals surface area contributed by atoms with Crippen molar-refractivity contribution < 1.29 is 4.79 Å². The van der Waals surface area contributed by atoms with E-state index in [1.807, 2.05) is 6.92 Å². The molecule has 1 aliphatic rings. The largest absolute Gasteiger partial charge is 0.344 e. The molecule has 1 unspecified atom stereocenters. The minimum atomic E-state index is -0.448. The third-order valence-corrected chi connectivity index (χ3v) is 6.22. The lowest BCUT2D eigenvalue weighted by Crippen LogP contribution is -2.31. The quantitative estimate of drug-likeness (QED) is 0.697. The summed E-state index contributed by atoms with van der Waals surface area (Å²) in [6, 6.07) is 5.83. The molecule has 0 saturated carbocycles. The molecular formula is C20H21N3O2S. The van der Waals surface area contributed by atoms with Gasteiger partial charge < -0.3 is 4.90 Å². The average Bonchev–Trinajstić information content (AvgIpc) is 3.11. The first kappa shape index (κ1) is 17.0. The van der Waals surface area contributed by atoms with Crippen LogP contribution in [0.5, 0.6) is 0 Å². The lowest BCUT2D eigenvalue weighted by Gasteiger charge is -2.13. The van der Waals surface area contributed by atoms with E-state index >= 15 is 0 Å². The third kappa shape index (κ3) is 2.48. The van der Waals surface area contributed by atoms with Gasteiger partial charge in [0, 0.05) is 24.0 Å². The molecule has 0 N–H and O–H groups in total. The van der Waals surface area contributed by atoms with Crippen LogP contribution in [-0.4, -0.2) is 34.0 Å². The van der Waals surface area contributed by atoms with Gasteiger partial charge in [-0.05, 0) is 38.3 Å². The number of benzene rings is 1. The summed E-state index contributed by atoms with van der Waals surface area (Å²) in [7, 11) is 1.77. The van der Waals surface area contributed by atoms with Gasteiger partial charge in [0.05, 0.1) is 11.7 Å². The van der Waals surface area contributed by atoms with Gasteiger partial charge in [0.2, 0.25) is 5.91 Å². The third-order valence-electron chi connectivity index (χ3n) is 5.21. The van der Waals surface area contributed by atoms with E-state index in [2.05, 4.69) is 37.0 Å². The van der Waals surface area contributed by atoms with E-state index in [-0.39, 0.29) is 11.5 Å². The fraction of sp³-hybridized carbons (Fsp3) is 0.350. The summed E-state index contributed by atoms with van der Waals surface area (Å²) in [6.45, 7) is 6.81. The zero-order valence-electron chi connectivity index (χ0n) is 15.4. The van der Waals surface area contributed by atoms with Crippen LogP contribution in [0.3, 0.4) is 0 Å². The Hall–Kier alpha value is -2.47. The van der Waals surface area contributed by atoms with Crippen molar-refractivity contribution in [1.29, 1.82) is 0 Å². The summed E-state index contributed by atoms with van der Waals surface area (Å²) < 4.78 is 1.52. The Morgan fingerprint density at radius 1 is 1.19 bits per heavy atom. The fourth-order valence-corrected chi connectivity index (χ4v) is 4.72. The van der Waals surface area contributed by atoms with Crippen molar-refractivity contribution in [3.8, 4) is 11.1 Å². The van der Waals surface area contributed by atoms with E-state index in [1.54, 1.807) is 11.9 Å². The predicted octanol–water partition coefficient (Wildman–Crippen LogP) is 3.45. The van der Waals surface area contributed by atoms with Crippen LogP contribution in [0, 0.1) is 20.8 Å². The molecule has 5 nitrogen and oxygen atoms in total. The molecule has 3 heterocycles. The van der Waals surface area contributed by atoms with Crippen molar-refractivity contribution in [2.24, 2.45) is 0 Å². The first-order chi connectivity index (χ1) is 12.4. The number of carbonyl (C=O) groups excluding carboxylic acids is 1. The Morgan fingerprint density at radius 2 is 1.96 bits per heavy atom. The lowest BCUT2D eigenvalue weighted by molar-refractivity contribution is -0.129. The second-order valence-electron chi connectivity index (χ2n) is 7.05. The van der Waals surface area contributed by atoms with Gasteiger partial charge in [0.1, 0.15) is 10.9 Å². The normalized spacial score (nSPS) is 17.5. The zero-order chi connectivity index (χ0) is 18.6. The first-order valence-electron chi connectivity index (χ1n) is 8.71. The molecule has 1 atom stereocenters. The monoisotopic (exact) mass is 367 g/mol. The highest BCUT2D eigenvalue weighted by molar-refractivity contribution is 7.19. The minimum Gasteiger partial charge on any atom is -0.344 e. The van der Waals surface area contributed by atoms with E-state index in [9.17, 15) is 9.59 Å². The maximum atomic E-state index is 13.3. The van der Waals surface area contributed by atoms with Crippen molar-refractivity contribution in [3.63, 3.8) is 0 Å². The fourth-order valence-electron chi connectivity index (χ4n) is 3.73. The topological polar surface area (TPSA) is 55.2 Å². The molecule has 1 aromatic carbocycles. The predicted molar refractivity (Wildman–Crippen MR) is 105 cm³/mol. The van der Waals surface area contributed by atoms with Crippen molar-refractivity contribution in [2.45, 2.75) is 33.2 Å². The van der Waals surface area contributed by atoms with Gasteiger partial charge in [-0.1, -0.05) is 23.8 Å². The molecule has 1 saturated heterocycles. The summed E-state index contributed by atoms with van der Waals surface area (Å²) in [5, 5.41) is 0.631. The molecule has 1 amide bonds. The van der Waals surface area contributed by atoms with Crippen LogP contribution in [0.2, 0.25) is 0 Å². The number of likely N-dealkylation sites (tertiary alicyclic amines) is 1. The highest BCUT2D eigenvalue weighted by Crippen LogP contribution is 2.37. The minimum absolute atomic E-state index is 0.0199.